The lowest BCUT2D eigenvalue weighted by atomic mass is 10.0. The number of carbonyl (C=O) groups is 1. The summed E-state index contributed by atoms with van der Waals surface area (Å²) >= 11 is 6.02. The second kappa shape index (κ2) is 4.78. The lowest BCUT2D eigenvalue weighted by Crippen LogP contribution is -2.04. The standard InChI is InChI=1S/C15H9ClN2O/c16-13-9-17-8-6-11(13)15(19)12-5-1-3-10-4-2-7-18-14(10)12/h1-9H. The van der Waals surface area contributed by atoms with Crippen molar-refractivity contribution in [3.63, 3.8) is 0 Å². The molecule has 0 radical (unpaired) electrons. The van der Waals surface area contributed by atoms with Crippen LogP contribution in [0.4, 0.5) is 0 Å². The normalized spacial score (nSPS) is 10.6. The van der Waals surface area contributed by atoms with Crippen LogP contribution >= 0.6 is 11.6 Å². The minimum atomic E-state index is -0.142. The van der Waals surface area contributed by atoms with E-state index in [1.54, 1.807) is 24.5 Å². The molecule has 0 atom stereocenters. The van der Waals surface area contributed by atoms with Gasteiger partial charge in [-0.2, -0.15) is 0 Å². The average Bonchev–Trinajstić information content (AvgIpc) is 2.46. The molecule has 0 unspecified atom stereocenters. The van der Waals surface area contributed by atoms with Gasteiger partial charge < -0.3 is 0 Å². The summed E-state index contributed by atoms with van der Waals surface area (Å²) in [6.07, 6.45) is 4.69. The number of para-hydroxylation sites is 1. The molecule has 1 aromatic carbocycles. The van der Waals surface area contributed by atoms with Crippen LogP contribution in [-0.2, 0) is 0 Å². The maximum absolute atomic E-state index is 12.5. The van der Waals surface area contributed by atoms with Crippen molar-refractivity contribution in [3.05, 3.63) is 71.1 Å². The Morgan fingerprint density at radius 1 is 1.00 bits per heavy atom. The van der Waals surface area contributed by atoms with Crippen LogP contribution in [0.15, 0.2) is 55.0 Å². The van der Waals surface area contributed by atoms with Crippen molar-refractivity contribution in [3.8, 4) is 0 Å². The van der Waals surface area contributed by atoms with Crippen LogP contribution in [-0.4, -0.2) is 15.8 Å². The maximum Gasteiger partial charge on any atom is 0.196 e. The summed E-state index contributed by atoms with van der Waals surface area (Å²) in [4.78, 5) is 20.7. The molecule has 0 saturated carbocycles. The van der Waals surface area contributed by atoms with Crippen LogP contribution < -0.4 is 0 Å². The highest BCUT2D eigenvalue weighted by molar-refractivity contribution is 6.35. The second-order valence-corrected chi connectivity index (χ2v) is 4.47. The largest absolute Gasteiger partial charge is 0.288 e. The van der Waals surface area contributed by atoms with Gasteiger partial charge >= 0.3 is 0 Å². The molecule has 0 spiro atoms. The number of nitrogens with zero attached hydrogens (tertiary/aromatic N) is 2. The number of aromatic nitrogens is 2. The summed E-state index contributed by atoms with van der Waals surface area (Å²) < 4.78 is 0. The minimum Gasteiger partial charge on any atom is -0.288 e. The molecule has 0 saturated heterocycles. The molecule has 0 aliphatic carbocycles. The summed E-state index contributed by atoms with van der Waals surface area (Å²) in [6.45, 7) is 0. The Hall–Kier alpha value is -2.26. The summed E-state index contributed by atoms with van der Waals surface area (Å²) in [5.74, 6) is -0.142. The van der Waals surface area contributed by atoms with Crippen LogP contribution in [0.3, 0.4) is 0 Å². The minimum absolute atomic E-state index is 0.142. The van der Waals surface area contributed by atoms with Crippen LogP contribution in [0.1, 0.15) is 15.9 Å². The molecule has 2 heterocycles. The highest BCUT2D eigenvalue weighted by Gasteiger charge is 2.15. The lowest BCUT2D eigenvalue weighted by Gasteiger charge is -2.06. The van der Waals surface area contributed by atoms with Gasteiger partial charge in [-0.1, -0.05) is 29.8 Å². The van der Waals surface area contributed by atoms with Crippen molar-refractivity contribution in [2.75, 3.05) is 0 Å². The number of hydrogen-bond donors (Lipinski definition) is 0. The fourth-order valence-corrected chi connectivity index (χ4v) is 2.20. The van der Waals surface area contributed by atoms with Gasteiger partial charge in [0.2, 0.25) is 0 Å². The number of pyridine rings is 2. The van der Waals surface area contributed by atoms with Crippen LogP contribution in [0.2, 0.25) is 5.02 Å². The van der Waals surface area contributed by atoms with Crippen molar-refractivity contribution in [2.45, 2.75) is 0 Å². The van der Waals surface area contributed by atoms with E-state index in [1.165, 1.54) is 6.20 Å². The Bertz CT molecular complexity index is 765. The molecule has 0 fully saturated rings. The molecule has 3 rings (SSSR count). The monoisotopic (exact) mass is 268 g/mol. The predicted octanol–water partition coefficient (Wildman–Crippen LogP) is 3.51. The van der Waals surface area contributed by atoms with E-state index in [1.807, 2.05) is 24.3 Å². The Morgan fingerprint density at radius 3 is 2.68 bits per heavy atom. The first-order chi connectivity index (χ1) is 9.27. The van der Waals surface area contributed by atoms with Gasteiger partial charge in [0.25, 0.3) is 0 Å². The fourth-order valence-electron chi connectivity index (χ4n) is 1.99. The zero-order valence-electron chi connectivity index (χ0n) is 9.88. The number of hydrogen-bond acceptors (Lipinski definition) is 3. The number of carbonyl (C=O) groups excluding carboxylic acids is 1. The van der Waals surface area contributed by atoms with E-state index in [0.29, 0.717) is 21.7 Å². The molecular formula is C15H9ClN2O. The van der Waals surface area contributed by atoms with Gasteiger partial charge in [0.1, 0.15) is 0 Å². The first-order valence-corrected chi connectivity index (χ1v) is 6.13. The van der Waals surface area contributed by atoms with E-state index in [2.05, 4.69) is 9.97 Å². The zero-order chi connectivity index (χ0) is 13.2. The van der Waals surface area contributed by atoms with Crippen molar-refractivity contribution in [1.29, 1.82) is 0 Å². The molecule has 3 aromatic rings. The fraction of sp³-hybridized carbons (Fsp3) is 0. The molecule has 92 valence electrons. The average molecular weight is 269 g/mol. The predicted molar refractivity (Wildman–Crippen MR) is 74.4 cm³/mol. The summed E-state index contributed by atoms with van der Waals surface area (Å²) in [5, 5.41) is 1.28. The van der Waals surface area contributed by atoms with Gasteiger partial charge in [-0.25, -0.2) is 0 Å². The Balaban J connectivity index is 2.20. The van der Waals surface area contributed by atoms with Crippen molar-refractivity contribution in [2.24, 2.45) is 0 Å². The molecule has 19 heavy (non-hydrogen) atoms. The van der Waals surface area contributed by atoms with E-state index in [0.717, 1.165) is 5.39 Å². The second-order valence-electron chi connectivity index (χ2n) is 4.07. The topological polar surface area (TPSA) is 42.9 Å². The molecule has 0 bridgehead atoms. The van der Waals surface area contributed by atoms with Crippen molar-refractivity contribution < 1.29 is 4.79 Å². The number of rotatable bonds is 2. The molecule has 4 heteroatoms. The van der Waals surface area contributed by atoms with Gasteiger partial charge in [-0.15, -0.1) is 0 Å². The Labute approximate surface area is 114 Å². The van der Waals surface area contributed by atoms with E-state index in [-0.39, 0.29) is 5.78 Å². The van der Waals surface area contributed by atoms with Crippen LogP contribution in [0.5, 0.6) is 0 Å². The summed E-state index contributed by atoms with van der Waals surface area (Å²) in [7, 11) is 0. The first-order valence-electron chi connectivity index (χ1n) is 5.75. The number of fused-ring (bicyclic) bond motifs is 1. The van der Waals surface area contributed by atoms with E-state index >= 15 is 0 Å². The third-order valence-corrected chi connectivity index (χ3v) is 3.20. The van der Waals surface area contributed by atoms with E-state index < -0.39 is 0 Å². The first kappa shape index (κ1) is 11.8. The third-order valence-electron chi connectivity index (χ3n) is 2.89. The molecule has 0 aliphatic heterocycles. The highest BCUT2D eigenvalue weighted by Crippen LogP contribution is 2.22. The molecule has 0 amide bonds. The molecule has 2 aromatic heterocycles. The summed E-state index contributed by atoms with van der Waals surface area (Å²) in [5.41, 5.74) is 1.67. The molecule has 3 nitrogen and oxygen atoms in total. The molecular weight excluding hydrogens is 260 g/mol. The number of halogens is 1. The Morgan fingerprint density at radius 2 is 1.84 bits per heavy atom. The van der Waals surface area contributed by atoms with Crippen LogP contribution in [0.25, 0.3) is 10.9 Å². The smallest absolute Gasteiger partial charge is 0.196 e. The van der Waals surface area contributed by atoms with Crippen LogP contribution in [0, 0.1) is 0 Å². The SMILES string of the molecule is O=C(c1ccncc1Cl)c1cccc2cccnc12. The van der Waals surface area contributed by atoms with Gasteiger partial charge in [0.15, 0.2) is 5.78 Å². The number of ketones is 1. The molecule has 0 N–H and O–H groups in total. The Kier molecular flexibility index (Phi) is 2.97. The van der Waals surface area contributed by atoms with Gasteiger partial charge in [-0.3, -0.25) is 14.8 Å². The maximum atomic E-state index is 12.5. The summed E-state index contributed by atoms with van der Waals surface area (Å²) in [6, 6.07) is 10.9. The van der Waals surface area contributed by atoms with Gasteiger partial charge in [0.05, 0.1) is 10.5 Å². The van der Waals surface area contributed by atoms with Gasteiger partial charge in [-0.05, 0) is 18.2 Å². The number of benzene rings is 1. The van der Waals surface area contributed by atoms with Gasteiger partial charge in [0, 0.05) is 35.1 Å². The van der Waals surface area contributed by atoms with Crippen molar-refractivity contribution >= 4 is 28.3 Å². The van der Waals surface area contributed by atoms with E-state index in [4.69, 9.17) is 11.6 Å². The lowest BCUT2D eigenvalue weighted by molar-refractivity contribution is 0.104. The third kappa shape index (κ3) is 2.09. The zero-order valence-corrected chi connectivity index (χ0v) is 10.6. The molecule has 0 aliphatic rings. The van der Waals surface area contributed by atoms with E-state index in [9.17, 15) is 4.79 Å². The quantitative estimate of drug-likeness (QED) is 0.668. The highest BCUT2D eigenvalue weighted by atomic mass is 35.5. The van der Waals surface area contributed by atoms with Crippen molar-refractivity contribution in [1.82, 2.24) is 9.97 Å².